The molecule has 4 nitrogen and oxygen atoms in total. The second kappa shape index (κ2) is 5.64. The summed E-state index contributed by atoms with van der Waals surface area (Å²) >= 11 is 0. The highest BCUT2D eigenvalue weighted by atomic mass is 16.6. The van der Waals surface area contributed by atoms with Crippen LogP contribution in [0, 0.1) is 17.8 Å². The van der Waals surface area contributed by atoms with Gasteiger partial charge in [0, 0.05) is 0 Å². The molecule has 0 saturated heterocycles. The molecule has 0 heterocycles. The fourth-order valence-corrected chi connectivity index (χ4v) is 2.46. The molecule has 0 bridgehead atoms. The lowest BCUT2D eigenvalue weighted by molar-refractivity contribution is -0.184. The Kier molecular flexibility index (Phi) is 4.74. The molecular formula is C12H22O4. The molecule has 1 unspecified atom stereocenters. The summed E-state index contributed by atoms with van der Waals surface area (Å²) in [5, 5.41) is 17.4. The van der Waals surface area contributed by atoms with E-state index in [1.54, 1.807) is 0 Å². The Bertz CT molecular complexity index is 237. The predicted molar refractivity (Wildman–Crippen MR) is 59.4 cm³/mol. The molecule has 1 rings (SSSR count). The number of esters is 1. The first-order chi connectivity index (χ1) is 7.41. The Balaban J connectivity index is 2.61. The molecule has 1 saturated carbocycles. The third-order valence-corrected chi connectivity index (χ3v) is 3.44. The molecule has 94 valence electrons. The first kappa shape index (κ1) is 13.5. The van der Waals surface area contributed by atoms with Gasteiger partial charge < -0.3 is 14.9 Å². The van der Waals surface area contributed by atoms with Gasteiger partial charge in [-0.3, -0.25) is 0 Å². The minimum atomic E-state index is -2.01. The van der Waals surface area contributed by atoms with Gasteiger partial charge in [0.15, 0.2) is 0 Å². The van der Waals surface area contributed by atoms with Gasteiger partial charge in [0.2, 0.25) is 0 Å². The lowest BCUT2D eigenvalue weighted by Crippen LogP contribution is -2.38. The van der Waals surface area contributed by atoms with E-state index in [2.05, 4.69) is 20.8 Å². The third-order valence-electron chi connectivity index (χ3n) is 3.44. The van der Waals surface area contributed by atoms with E-state index in [1.807, 2.05) is 0 Å². The molecule has 0 spiro atoms. The van der Waals surface area contributed by atoms with Crippen molar-refractivity contribution in [2.24, 2.45) is 17.8 Å². The van der Waals surface area contributed by atoms with Crippen LogP contribution in [0.1, 0.15) is 40.0 Å². The second-order valence-corrected chi connectivity index (χ2v) is 5.18. The van der Waals surface area contributed by atoms with Crippen LogP contribution in [0.2, 0.25) is 0 Å². The number of hydrogen-bond acceptors (Lipinski definition) is 4. The first-order valence-electron chi connectivity index (χ1n) is 5.98. The summed E-state index contributed by atoms with van der Waals surface area (Å²) in [4.78, 5) is 11.2. The minimum Gasteiger partial charge on any atom is -0.458 e. The zero-order valence-electron chi connectivity index (χ0n) is 10.2. The maximum absolute atomic E-state index is 11.2. The van der Waals surface area contributed by atoms with Crippen LogP contribution in [0.3, 0.4) is 0 Å². The normalized spacial score (nSPS) is 30.8. The average Bonchev–Trinajstić information content (AvgIpc) is 2.16. The van der Waals surface area contributed by atoms with Gasteiger partial charge in [0.1, 0.15) is 6.10 Å². The van der Waals surface area contributed by atoms with Crippen molar-refractivity contribution in [2.45, 2.75) is 52.4 Å². The molecule has 0 radical (unpaired) electrons. The van der Waals surface area contributed by atoms with Crippen LogP contribution in [0.4, 0.5) is 0 Å². The van der Waals surface area contributed by atoms with Gasteiger partial charge in [-0.1, -0.05) is 27.2 Å². The molecule has 1 aliphatic rings. The summed E-state index contributed by atoms with van der Waals surface area (Å²) in [6.07, 6.45) is 0.834. The van der Waals surface area contributed by atoms with Crippen molar-refractivity contribution in [1.82, 2.24) is 0 Å². The molecule has 0 aliphatic heterocycles. The molecule has 1 aliphatic carbocycles. The summed E-state index contributed by atoms with van der Waals surface area (Å²) in [5.41, 5.74) is 0. The number of rotatable bonds is 3. The largest absolute Gasteiger partial charge is 0.458 e. The molecule has 4 heteroatoms. The van der Waals surface area contributed by atoms with Gasteiger partial charge in [-0.05, 0) is 30.6 Å². The molecule has 16 heavy (non-hydrogen) atoms. The van der Waals surface area contributed by atoms with Crippen LogP contribution >= 0.6 is 0 Å². The van der Waals surface area contributed by atoms with Crippen molar-refractivity contribution < 1.29 is 19.7 Å². The van der Waals surface area contributed by atoms with Gasteiger partial charge in [0.25, 0.3) is 6.29 Å². The summed E-state index contributed by atoms with van der Waals surface area (Å²) in [6, 6.07) is 0. The molecule has 0 amide bonds. The smallest absolute Gasteiger partial charge is 0.363 e. The zero-order valence-corrected chi connectivity index (χ0v) is 10.2. The van der Waals surface area contributed by atoms with Crippen LogP contribution in [0.5, 0.6) is 0 Å². The standard InChI is InChI=1S/C12H22O4/c1-7(2)9-5-4-8(3)6-10(9)16-12(15)11(13)14/h7-11,13-14H,4-6H2,1-3H3/t8-,9+,10?/m1/s1. The average molecular weight is 230 g/mol. The molecule has 2 N–H and O–H groups in total. The lowest BCUT2D eigenvalue weighted by Gasteiger charge is -2.36. The zero-order chi connectivity index (χ0) is 12.3. The Morgan fingerprint density at radius 1 is 1.31 bits per heavy atom. The molecule has 1 fully saturated rings. The molecule has 0 aromatic rings. The Labute approximate surface area is 96.6 Å². The van der Waals surface area contributed by atoms with Crippen molar-refractivity contribution in [1.29, 1.82) is 0 Å². The van der Waals surface area contributed by atoms with E-state index < -0.39 is 12.3 Å². The van der Waals surface area contributed by atoms with Gasteiger partial charge in [-0.15, -0.1) is 0 Å². The van der Waals surface area contributed by atoms with Gasteiger partial charge in [-0.25, -0.2) is 4.79 Å². The predicted octanol–water partition coefficient (Wildman–Crippen LogP) is 1.30. The third kappa shape index (κ3) is 3.46. The van der Waals surface area contributed by atoms with Crippen molar-refractivity contribution in [3.63, 3.8) is 0 Å². The van der Waals surface area contributed by atoms with Crippen LogP contribution in [-0.2, 0) is 9.53 Å². The monoisotopic (exact) mass is 230 g/mol. The van der Waals surface area contributed by atoms with E-state index in [1.165, 1.54) is 0 Å². The van der Waals surface area contributed by atoms with Crippen molar-refractivity contribution in [3.05, 3.63) is 0 Å². The van der Waals surface area contributed by atoms with Crippen molar-refractivity contribution in [2.75, 3.05) is 0 Å². The maximum Gasteiger partial charge on any atom is 0.363 e. The Morgan fingerprint density at radius 3 is 2.44 bits per heavy atom. The van der Waals surface area contributed by atoms with E-state index >= 15 is 0 Å². The van der Waals surface area contributed by atoms with E-state index in [0.29, 0.717) is 17.8 Å². The number of aliphatic hydroxyl groups excluding tert-OH is 1. The summed E-state index contributed by atoms with van der Waals surface area (Å²) in [6.45, 7) is 6.35. The van der Waals surface area contributed by atoms with Crippen LogP contribution < -0.4 is 0 Å². The van der Waals surface area contributed by atoms with E-state index in [-0.39, 0.29) is 6.10 Å². The summed E-state index contributed by atoms with van der Waals surface area (Å²) < 4.78 is 5.16. The number of aliphatic hydroxyl groups is 2. The SMILES string of the molecule is CC(C)[C@@H]1CC[C@@H](C)CC1OC(=O)C(O)O. The second-order valence-electron chi connectivity index (χ2n) is 5.18. The Hall–Kier alpha value is -0.610. The lowest BCUT2D eigenvalue weighted by atomic mass is 9.75. The minimum absolute atomic E-state index is 0.168. The highest BCUT2D eigenvalue weighted by molar-refractivity contribution is 5.72. The van der Waals surface area contributed by atoms with Crippen LogP contribution in [0.25, 0.3) is 0 Å². The van der Waals surface area contributed by atoms with Crippen LogP contribution in [-0.4, -0.2) is 28.6 Å². The molecule has 0 aromatic carbocycles. The molecular weight excluding hydrogens is 208 g/mol. The highest BCUT2D eigenvalue weighted by Gasteiger charge is 2.34. The van der Waals surface area contributed by atoms with E-state index in [4.69, 9.17) is 14.9 Å². The van der Waals surface area contributed by atoms with Crippen molar-refractivity contribution >= 4 is 5.97 Å². The summed E-state index contributed by atoms with van der Waals surface area (Å²) in [7, 11) is 0. The number of carbonyl (C=O) groups excluding carboxylic acids is 1. The van der Waals surface area contributed by atoms with Gasteiger partial charge >= 0.3 is 5.97 Å². The van der Waals surface area contributed by atoms with Gasteiger partial charge in [0.05, 0.1) is 0 Å². The fraction of sp³-hybridized carbons (Fsp3) is 0.917. The number of ether oxygens (including phenoxy) is 1. The molecule has 3 atom stereocenters. The van der Waals surface area contributed by atoms with E-state index in [0.717, 1.165) is 19.3 Å². The quantitative estimate of drug-likeness (QED) is 0.566. The highest BCUT2D eigenvalue weighted by Crippen LogP contribution is 2.35. The number of carbonyl (C=O) groups is 1. The van der Waals surface area contributed by atoms with E-state index in [9.17, 15) is 4.79 Å². The molecule has 0 aromatic heterocycles. The van der Waals surface area contributed by atoms with Gasteiger partial charge in [-0.2, -0.15) is 0 Å². The number of hydrogen-bond donors (Lipinski definition) is 2. The van der Waals surface area contributed by atoms with Crippen LogP contribution in [0.15, 0.2) is 0 Å². The van der Waals surface area contributed by atoms with Crippen molar-refractivity contribution in [3.8, 4) is 0 Å². The Morgan fingerprint density at radius 2 is 1.94 bits per heavy atom. The fourth-order valence-electron chi connectivity index (χ4n) is 2.46. The maximum atomic E-state index is 11.2. The topological polar surface area (TPSA) is 66.8 Å². The first-order valence-corrected chi connectivity index (χ1v) is 5.98. The summed E-state index contributed by atoms with van der Waals surface area (Å²) in [5.74, 6) is 0.383.